The van der Waals surface area contributed by atoms with E-state index in [9.17, 15) is 4.79 Å². The lowest BCUT2D eigenvalue weighted by atomic mass is 10.2. The largest absolute Gasteiger partial charge is 0.494 e. The normalized spacial score (nSPS) is 17.3. The molecule has 0 aromatic heterocycles. The molecule has 0 aliphatic carbocycles. The van der Waals surface area contributed by atoms with Crippen LogP contribution in [0.4, 0.5) is 5.69 Å². The highest BCUT2D eigenvalue weighted by Gasteiger charge is 2.30. The van der Waals surface area contributed by atoms with E-state index < -0.39 is 0 Å². The lowest BCUT2D eigenvalue weighted by Crippen LogP contribution is -2.23. The molecule has 1 heterocycles. The van der Waals surface area contributed by atoms with Gasteiger partial charge in [-0.2, -0.15) is 0 Å². The number of para-hydroxylation sites is 1. The Kier molecular flexibility index (Phi) is 6.12. The second kappa shape index (κ2) is 8.72. The van der Waals surface area contributed by atoms with E-state index in [1.165, 1.54) is 11.8 Å². The molecule has 0 spiro atoms. The third kappa shape index (κ3) is 4.55. The zero-order valence-corrected chi connectivity index (χ0v) is 15.8. The zero-order valence-electron chi connectivity index (χ0n) is 15.0. The van der Waals surface area contributed by atoms with Crippen molar-refractivity contribution in [2.24, 2.45) is 4.99 Å². The number of carbonyl (C=O) groups is 1. The van der Waals surface area contributed by atoms with Crippen LogP contribution in [0.3, 0.4) is 0 Å². The first kappa shape index (κ1) is 18.3. The van der Waals surface area contributed by atoms with E-state index in [2.05, 4.69) is 11.9 Å². The molecule has 0 bridgehead atoms. The number of hydrogen-bond acceptors (Lipinski definition) is 4. The summed E-state index contributed by atoms with van der Waals surface area (Å²) in [7, 11) is 1.75. The van der Waals surface area contributed by atoms with E-state index in [1.54, 1.807) is 11.9 Å². The Balaban J connectivity index is 1.73. The van der Waals surface area contributed by atoms with Gasteiger partial charge < -0.3 is 4.74 Å². The number of carbonyl (C=O) groups excluding carboxylic acids is 1. The molecule has 4 nitrogen and oxygen atoms in total. The van der Waals surface area contributed by atoms with Crippen molar-refractivity contribution in [3.05, 3.63) is 65.1 Å². The van der Waals surface area contributed by atoms with Crippen LogP contribution in [0.2, 0.25) is 0 Å². The number of amidine groups is 1. The SMILES string of the molecule is CCCCOc1ccc(/C=C2/SC(=Nc3ccccc3)N(C)C2=O)cc1. The van der Waals surface area contributed by atoms with Gasteiger partial charge in [-0.1, -0.05) is 43.7 Å². The first-order valence-corrected chi connectivity index (χ1v) is 9.53. The topological polar surface area (TPSA) is 41.9 Å². The Morgan fingerprint density at radius 2 is 1.85 bits per heavy atom. The molecule has 3 rings (SSSR count). The number of amides is 1. The number of aliphatic imine (C=N–C) groups is 1. The van der Waals surface area contributed by atoms with Gasteiger partial charge >= 0.3 is 0 Å². The molecule has 1 amide bonds. The van der Waals surface area contributed by atoms with Gasteiger partial charge in [0.1, 0.15) is 5.75 Å². The maximum Gasteiger partial charge on any atom is 0.266 e. The van der Waals surface area contributed by atoms with Gasteiger partial charge in [0.15, 0.2) is 5.17 Å². The Bertz CT molecular complexity index is 814. The molecule has 0 saturated carbocycles. The first-order valence-electron chi connectivity index (χ1n) is 8.71. The van der Waals surface area contributed by atoms with Crippen molar-refractivity contribution in [3.8, 4) is 5.75 Å². The Morgan fingerprint density at radius 1 is 1.12 bits per heavy atom. The average molecular weight is 366 g/mol. The fourth-order valence-electron chi connectivity index (χ4n) is 2.41. The highest BCUT2D eigenvalue weighted by atomic mass is 32.2. The highest BCUT2D eigenvalue weighted by molar-refractivity contribution is 8.18. The van der Waals surface area contributed by atoms with Crippen LogP contribution in [0.1, 0.15) is 25.3 Å². The molecule has 1 fully saturated rings. The van der Waals surface area contributed by atoms with Crippen LogP contribution in [0.15, 0.2) is 64.5 Å². The van der Waals surface area contributed by atoms with Crippen molar-refractivity contribution < 1.29 is 9.53 Å². The van der Waals surface area contributed by atoms with Crippen LogP contribution in [0, 0.1) is 0 Å². The number of rotatable bonds is 6. The Morgan fingerprint density at radius 3 is 2.54 bits per heavy atom. The molecule has 0 atom stereocenters. The maximum absolute atomic E-state index is 12.5. The third-order valence-electron chi connectivity index (χ3n) is 3.93. The molecule has 0 radical (unpaired) electrons. The maximum atomic E-state index is 12.5. The summed E-state index contributed by atoms with van der Waals surface area (Å²) in [4.78, 5) is 19.3. The molecule has 5 heteroatoms. The van der Waals surface area contributed by atoms with E-state index in [0.717, 1.165) is 36.4 Å². The highest BCUT2D eigenvalue weighted by Crippen LogP contribution is 2.33. The van der Waals surface area contributed by atoms with Crippen LogP contribution in [0.25, 0.3) is 6.08 Å². The van der Waals surface area contributed by atoms with Gasteiger partial charge in [-0.05, 0) is 54.1 Å². The van der Waals surface area contributed by atoms with Crippen molar-refractivity contribution >= 4 is 34.6 Å². The molecule has 1 aliphatic heterocycles. The quantitative estimate of drug-likeness (QED) is 0.528. The van der Waals surface area contributed by atoms with Gasteiger partial charge in [-0.25, -0.2) is 4.99 Å². The van der Waals surface area contributed by atoms with Crippen LogP contribution >= 0.6 is 11.8 Å². The zero-order chi connectivity index (χ0) is 18.4. The minimum atomic E-state index is -0.0343. The Labute approximate surface area is 158 Å². The lowest BCUT2D eigenvalue weighted by Gasteiger charge is -2.07. The average Bonchev–Trinajstić information content (AvgIpc) is 2.92. The second-order valence-corrected chi connectivity index (χ2v) is 6.98. The van der Waals surface area contributed by atoms with Crippen molar-refractivity contribution in [2.45, 2.75) is 19.8 Å². The molecular formula is C21H22N2O2S. The van der Waals surface area contributed by atoms with Gasteiger partial charge in [0.25, 0.3) is 5.91 Å². The second-order valence-electron chi connectivity index (χ2n) is 5.98. The molecular weight excluding hydrogens is 344 g/mol. The van der Waals surface area contributed by atoms with Crippen LogP contribution in [-0.4, -0.2) is 29.6 Å². The van der Waals surface area contributed by atoms with Crippen LogP contribution < -0.4 is 4.74 Å². The van der Waals surface area contributed by atoms with Crippen molar-refractivity contribution in [1.82, 2.24) is 4.90 Å². The van der Waals surface area contributed by atoms with Crippen LogP contribution in [-0.2, 0) is 4.79 Å². The molecule has 2 aromatic rings. The molecule has 26 heavy (non-hydrogen) atoms. The summed E-state index contributed by atoms with van der Waals surface area (Å²) in [6.07, 6.45) is 4.06. The van der Waals surface area contributed by atoms with E-state index >= 15 is 0 Å². The molecule has 0 N–H and O–H groups in total. The van der Waals surface area contributed by atoms with E-state index in [-0.39, 0.29) is 5.91 Å². The summed E-state index contributed by atoms with van der Waals surface area (Å²) >= 11 is 1.39. The lowest BCUT2D eigenvalue weighted by molar-refractivity contribution is -0.121. The van der Waals surface area contributed by atoms with Gasteiger partial charge in [-0.3, -0.25) is 9.69 Å². The number of ether oxygens (including phenoxy) is 1. The number of benzene rings is 2. The van der Waals surface area contributed by atoms with Gasteiger partial charge in [0.2, 0.25) is 0 Å². The molecule has 1 saturated heterocycles. The predicted octanol–water partition coefficient (Wildman–Crippen LogP) is 5.10. The first-order chi connectivity index (χ1) is 12.7. The smallest absolute Gasteiger partial charge is 0.266 e. The summed E-state index contributed by atoms with van der Waals surface area (Å²) in [6.45, 7) is 2.87. The predicted molar refractivity (Wildman–Crippen MR) is 109 cm³/mol. The van der Waals surface area contributed by atoms with Gasteiger partial charge in [0.05, 0.1) is 17.2 Å². The molecule has 2 aromatic carbocycles. The standard InChI is InChI=1S/C21H22N2O2S/c1-3-4-14-25-18-12-10-16(11-13-18)15-19-20(24)23(2)21(26-19)22-17-8-6-5-7-9-17/h5-13,15H,3-4,14H2,1-2H3/b19-15+,22-21?. The number of likely N-dealkylation sites (N-methyl/N-ethyl adjacent to an activating group) is 1. The molecule has 0 unspecified atom stereocenters. The number of thioether (sulfide) groups is 1. The summed E-state index contributed by atoms with van der Waals surface area (Å²) in [6, 6.07) is 17.5. The fourth-order valence-corrected chi connectivity index (χ4v) is 3.40. The van der Waals surface area contributed by atoms with Gasteiger partial charge in [0, 0.05) is 7.05 Å². The Hall–Kier alpha value is -2.53. The van der Waals surface area contributed by atoms with Crippen molar-refractivity contribution in [2.75, 3.05) is 13.7 Å². The van der Waals surface area contributed by atoms with E-state index in [0.29, 0.717) is 10.1 Å². The third-order valence-corrected chi connectivity index (χ3v) is 4.99. The number of unbranched alkanes of at least 4 members (excludes halogenated alkanes) is 1. The summed E-state index contributed by atoms with van der Waals surface area (Å²) < 4.78 is 5.67. The summed E-state index contributed by atoms with van der Waals surface area (Å²) in [5, 5.41) is 0.687. The van der Waals surface area contributed by atoms with E-state index in [1.807, 2.05) is 60.7 Å². The minimum Gasteiger partial charge on any atom is -0.494 e. The monoisotopic (exact) mass is 366 g/mol. The number of nitrogens with zero attached hydrogens (tertiary/aromatic N) is 2. The molecule has 134 valence electrons. The molecule has 1 aliphatic rings. The van der Waals surface area contributed by atoms with Crippen molar-refractivity contribution in [1.29, 1.82) is 0 Å². The van der Waals surface area contributed by atoms with E-state index in [4.69, 9.17) is 4.74 Å². The summed E-state index contributed by atoms with van der Waals surface area (Å²) in [5.74, 6) is 0.822. The van der Waals surface area contributed by atoms with Gasteiger partial charge in [-0.15, -0.1) is 0 Å². The minimum absolute atomic E-state index is 0.0343. The van der Waals surface area contributed by atoms with Crippen molar-refractivity contribution in [3.63, 3.8) is 0 Å². The van der Waals surface area contributed by atoms with Crippen LogP contribution in [0.5, 0.6) is 5.75 Å². The fraction of sp³-hybridized carbons (Fsp3) is 0.238. The number of hydrogen-bond donors (Lipinski definition) is 0. The summed E-state index contributed by atoms with van der Waals surface area (Å²) in [5.41, 5.74) is 1.81.